The van der Waals surface area contributed by atoms with E-state index in [0.29, 0.717) is 0 Å². The second kappa shape index (κ2) is 16.5. The second-order valence-electron chi connectivity index (χ2n) is 14.2. The number of fused-ring (bicyclic) bond motifs is 2. The van der Waals surface area contributed by atoms with Crippen molar-refractivity contribution in [1.29, 1.82) is 0 Å². The van der Waals surface area contributed by atoms with Gasteiger partial charge in [-0.05, 0) is 85.6 Å². The lowest BCUT2D eigenvalue weighted by Crippen LogP contribution is -2.57. The molecule has 2 heterocycles. The largest absolute Gasteiger partial charge is 0.496 e. The summed E-state index contributed by atoms with van der Waals surface area (Å²) < 4.78 is 88.3. The highest BCUT2D eigenvalue weighted by Crippen LogP contribution is 2.48. The summed E-state index contributed by atoms with van der Waals surface area (Å²) in [5.74, 6) is -1.13. The monoisotopic (exact) mass is 751 g/mol. The van der Waals surface area contributed by atoms with Crippen LogP contribution in [0.1, 0.15) is 61.6 Å². The molecule has 3 aliphatic rings. The molecule has 2 fully saturated rings. The number of piperidine rings is 1. The van der Waals surface area contributed by atoms with Gasteiger partial charge in [-0.25, -0.2) is 0 Å². The molecule has 0 aromatic heterocycles. The van der Waals surface area contributed by atoms with Crippen molar-refractivity contribution in [2.75, 3.05) is 46.9 Å². The van der Waals surface area contributed by atoms with Gasteiger partial charge in [0.05, 0.1) is 26.3 Å². The van der Waals surface area contributed by atoms with Crippen LogP contribution in [0, 0.1) is 12.3 Å². The average molecular weight is 752 g/mol. The quantitative estimate of drug-likeness (QED) is 0.226. The van der Waals surface area contributed by atoms with Crippen LogP contribution in [0.2, 0.25) is 0 Å². The minimum Gasteiger partial charge on any atom is -0.496 e. The minimum atomic E-state index is -4.97. The molecule has 6 rings (SSSR count). The van der Waals surface area contributed by atoms with Gasteiger partial charge < -0.3 is 19.9 Å². The number of amides is 1. The number of hydrogen-bond donors (Lipinski definition) is 2. The summed E-state index contributed by atoms with van der Waals surface area (Å²) in [7, 11) is 3.59. The number of likely N-dealkylation sites (tertiary alicyclic amines) is 1. The van der Waals surface area contributed by atoms with Crippen LogP contribution in [0.5, 0.6) is 11.5 Å². The number of alkyl halides is 6. The van der Waals surface area contributed by atoms with Gasteiger partial charge in [0.2, 0.25) is 5.91 Å². The molecular weight excluding hydrogens is 704 g/mol. The number of carbonyl (C=O) groups is 2. The molecular formula is C39H47F6N3O5. The molecule has 0 radical (unpaired) electrons. The molecule has 1 aliphatic carbocycles. The molecule has 1 saturated heterocycles. The third-order valence-corrected chi connectivity index (χ3v) is 10.9. The van der Waals surface area contributed by atoms with Crippen molar-refractivity contribution in [2.45, 2.75) is 83.2 Å². The Labute approximate surface area is 305 Å². The Bertz CT molecular complexity index is 1760. The minimum absolute atomic E-state index is 0.556. The Hall–Kier alpha value is -4.04. The van der Waals surface area contributed by atoms with Crippen molar-refractivity contribution in [1.82, 2.24) is 15.1 Å². The Morgan fingerprint density at radius 3 is 2.19 bits per heavy atom. The first-order valence-corrected chi connectivity index (χ1v) is 17.9. The van der Waals surface area contributed by atoms with E-state index in [2.05, 4.69) is 54.3 Å². The van der Waals surface area contributed by atoms with Gasteiger partial charge in [-0.2, -0.15) is 26.3 Å². The second-order valence-corrected chi connectivity index (χ2v) is 14.2. The predicted molar refractivity (Wildman–Crippen MR) is 189 cm³/mol. The molecule has 0 spiro atoms. The van der Waals surface area contributed by atoms with Crippen molar-refractivity contribution >= 4 is 22.6 Å². The number of benzene rings is 3. The number of carbonyl (C=O) groups excluding carboxylic acids is 1. The standard InChI is InChI=1S/C28H33NO2.C11H14F6N2O3/c1-19-9-7-13-23-22(19)12-8-14-24(23)27-26(30-2)17-20-15-16-29(18-25(20)28(27)31-3)21-10-5-4-6-11-21;12-10(13,14)6-19-3-1-9(2-4-19,11(15,16)17)8(22)18-5-7(20)21/h7-9,12-14,17,21H,4-6,10-11,15-16,18H2,1-3H3;1-6H2,(H,18,22)(H,20,21). The van der Waals surface area contributed by atoms with E-state index in [1.165, 1.54) is 65.1 Å². The molecule has 53 heavy (non-hydrogen) atoms. The van der Waals surface area contributed by atoms with Crippen LogP contribution in [0.4, 0.5) is 26.3 Å². The number of rotatable bonds is 8. The normalized spacial score (nSPS) is 18.4. The molecule has 3 aromatic rings. The van der Waals surface area contributed by atoms with Crippen molar-refractivity contribution < 1.29 is 50.5 Å². The fourth-order valence-corrected chi connectivity index (χ4v) is 8.06. The van der Waals surface area contributed by atoms with Crippen LogP contribution in [0.25, 0.3) is 21.9 Å². The van der Waals surface area contributed by atoms with E-state index in [4.69, 9.17) is 14.6 Å². The van der Waals surface area contributed by atoms with Gasteiger partial charge in [-0.15, -0.1) is 0 Å². The lowest BCUT2D eigenvalue weighted by molar-refractivity contribution is -0.236. The first-order chi connectivity index (χ1) is 25.1. The number of aryl methyl sites for hydroxylation is 1. The number of aliphatic carboxylic acids is 1. The molecule has 2 N–H and O–H groups in total. The van der Waals surface area contributed by atoms with E-state index < -0.39 is 68.7 Å². The van der Waals surface area contributed by atoms with Gasteiger partial charge in [0.25, 0.3) is 0 Å². The van der Waals surface area contributed by atoms with Crippen molar-refractivity contribution in [2.24, 2.45) is 5.41 Å². The van der Waals surface area contributed by atoms with E-state index in [0.717, 1.165) is 47.5 Å². The summed E-state index contributed by atoms with van der Waals surface area (Å²) in [6.07, 6.45) is -3.34. The van der Waals surface area contributed by atoms with Crippen molar-refractivity contribution in [3.05, 3.63) is 59.2 Å². The van der Waals surface area contributed by atoms with Gasteiger partial charge in [0, 0.05) is 24.7 Å². The van der Waals surface area contributed by atoms with Crippen LogP contribution in [0.15, 0.2) is 42.5 Å². The van der Waals surface area contributed by atoms with Gasteiger partial charge in [0.15, 0.2) is 0 Å². The first-order valence-electron chi connectivity index (χ1n) is 17.9. The Balaban J connectivity index is 0.000000219. The SMILES string of the molecule is COc1cc2c(c(OC)c1-c1cccc3c(C)cccc13)CN(C1CCCCC1)CC2.O=C(O)CNC(=O)C1(C(F)(F)F)CCN(CC(F)(F)F)CC1. The fourth-order valence-electron chi connectivity index (χ4n) is 8.06. The summed E-state index contributed by atoms with van der Waals surface area (Å²) in [5, 5.41) is 12.6. The van der Waals surface area contributed by atoms with Crippen LogP contribution < -0.4 is 14.8 Å². The molecule has 8 nitrogen and oxygen atoms in total. The third kappa shape index (κ3) is 9.02. The number of hydrogen-bond acceptors (Lipinski definition) is 6. The zero-order valence-corrected chi connectivity index (χ0v) is 30.3. The van der Waals surface area contributed by atoms with Crippen LogP contribution in [0.3, 0.4) is 0 Å². The maximum Gasteiger partial charge on any atom is 0.403 e. The predicted octanol–water partition coefficient (Wildman–Crippen LogP) is 7.92. The number of halogens is 6. The summed E-state index contributed by atoms with van der Waals surface area (Å²) in [4.78, 5) is 25.5. The number of carboxylic acid groups (broad SMARTS) is 1. The van der Waals surface area contributed by atoms with Gasteiger partial charge in [-0.1, -0.05) is 55.7 Å². The van der Waals surface area contributed by atoms with E-state index in [1.807, 2.05) is 7.11 Å². The molecule has 0 unspecified atom stereocenters. The highest BCUT2D eigenvalue weighted by atomic mass is 19.4. The number of nitrogens with one attached hydrogen (secondary N) is 1. The van der Waals surface area contributed by atoms with Crippen molar-refractivity contribution in [3.8, 4) is 22.6 Å². The molecule has 0 bridgehead atoms. The average Bonchev–Trinajstić information content (AvgIpc) is 3.12. The molecule has 3 aromatic carbocycles. The lowest BCUT2D eigenvalue weighted by atomic mass is 9.76. The molecule has 2 aliphatic heterocycles. The van der Waals surface area contributed by atoms with Crippen LogP contribution >= 0.6 is 0 Å². The smallest absolute Gasteiger partial charge is 0.403 e. The van der Waals surface area contributed by atoms with E-state index in [-0.39, 0.29) is 0 Å². The number of carboxylic acids is 1. The number of nitrogens with zero attached hydrogens (tertiary/aromatic N) is 2. The van der Waals surface area contributed by atoms with Gasteiger partial charge >= 0.3 is 18.3 Å². The van der Waals surface area contributed by atoms with Crippen LogP contribution in [-0.4, -0.2) is 92.1 Å². The summed E-state index contributed by atoms with van der Waals surface area (Å²) in [6.45, 7) is 0.843. The van der Waals surface area contributed by atoms with Crippen LogP contribution in [-0.2, 0) is 22.6 Å². The van der Waals surface area contributed by atoms with E-state index in [1.54, 1.807) is 12.4 Å². The molecule has 0 atom stereocenters. The van der Waals surface area contributed by atoms with Gasteiger partial charge in [0.1, 0.15) is 23.5 Å². The third-order valence-electron chi connectivity index (χ3n) is 10.9. The Morgan fingerprint density at radius 2 is 1.58 bits per heavy atom. The highest BCUT2D eigenvalue weighted by molar-refractivity contribution is 6.01. The first kappa shape index (κ1) is 40.2. The van der Waals surface area contributed by atoms with Crippen molar-refractivity contribution in [3.63, 3.8) is 0 Å². The molecule has 1 amide bonds. The lowest BCUT2D eigenvalue weighted by Gasteiger charge is -2.41. The Morgan fingerprint density at radius 1 is 0.925 bits per heavy atom. The van der Waals surface area contributed by atoms with E-state index in [9.17, 15) is 35.9 Å². The summed E-state index contributed by atoms with van der Waals surface area (Å²) >= 11 is 0. The summed E-state index contributed by atoms with van der Waals surface area (Å²) in [5.41, 5.74) is 3.43. The van der Waals surface area contributed by atoms with E-state index >= 15 is 0 Å². The molecule has 1 saturated carbocycles. The zero-order chi connectivity index (χ0) is 38.6. The topological polar surface area (TPSA) is 91.3 Å². The highest BCUT2D eigenvalue weighted by Gasteiger charge is 2.61. The Kier molecular flexibility index (Phi) is 12.5. The molecule has 290 valence electrons. The maximum absolute atomic E-state index is 13.2. The maximum atomic E-state index is 13.2. The van der Waals surface area contributed by atoms with Gasteiger partial charge in [-0.3, -0.25) is 19.4 Å². The zero-order valence-electron chi connectivity index (χ0n) is 30.3. The molecule has 14 heteroatoms. The fraction of sp³-hybridized carbons (Fsp3) is 0.538. The summed E-state index contributed by atoms with van der Waals surface area (Å²) in [6, 6.07) is 16.1. The number of ether oxygens (including phenoxy) is 2. The number of methoxy groups -OCH3 is 2.